The third-order valence-corrected chi connectivity index (χ3v) is 5.24. The number of carbonyl (C=O) groups excluding carboxylic acids is 1. The molecular formula is C19H25N5O2. The second-order valence-corrected chi connectivity index (χ2v) is 7.42. The number of ether oxygens (including phenoxy) is 1. The van der Waals surface area contributed by atoms with Crippen LogP contribution in [0.25, 0.3) is 0 Å². The molecule has 1 unspecified atom stereocenters. The first kappa shape index (κ1) is 16.9. The third kappa shape index (κ3) is 3.02. The molecule has 0 saturated carbocycles. The number of aromatic nitrogens is 3. The highest BCUT2D eigenvalue weighted by molar-refractivity contribution is 5.75. The van der Waals surface area contributed by atoms with Crippen LogP contribution in [0.3, 0.4) is 0 Å². The van der Waals surface area contributed by atoms with Crippen LogP contribution in [0.5, 0.6) is 5.75 Å². The van der Waals surface area contributed by atoms with Crippen LogP contribution in [0.15, 0.2) is 18.2 Å². The van der Waals surface area contributed by atoms with E-state index in [1.807, 2.05) is 23.1 Å². The molecule has 2 aliphatic heterocycles. The second-order valence-electron chi connectivity index (χ2n) is 7.42. The molecular weight excluding hydrogens is 330 g/mol. The summed E-state index contributed by atoms with van der Waals surface area (Å²) in [4.78, 5) is 14.6. The van der Waals surface area contributed by atoms with E-state index in [0.29, 0.717) is 19.0 Å². The summed E-state index contributed by atoms with van der Waals surface area (Å²) in [5, 5.41) is 11.8. The Hall–Kier alpha value is -2.57. The number of rotatable bonds is 3. The molecule has 1 atom stereocenters. The minimum absolute atomic E-state index is 0.00668. The predicted octanol–water partition coefficient (Wildman–Crippen LogP) is 2.45. The van der Waals surface area contributed by atoms with Crippen molar-refractivity contribution in [3.05, 3.63) is 41.0 Å². The molecule has 2 aromatic rings. The van der Waals surface area contributed by atoms with Crippen molar-refractivity contribution in [2.75, 3.05) is 7.11 Å². The van der Waals surface area contributed by atoms with Gasteiger partial charge in [-0.3, -0.25) is 0 Å². The summed E-state index contributed by atoms with van der Waals surface area (Å²) in [6.45, 7) is 6.26. The molecule has 138 valence electrons. The SMILES string of the molecule is COc1ccc2c(c1)CN(C(=O)NC1CCc3nnc(C(C)C)n3C1)C2. The summed E-state index contributed by atoms with van der Waals surface area (Å²) in [5.41, 5.74) is 2.35. The first-order valence-electron chi connectivity index (χ1n) is 9.18. The van der Waals surface area contributed by atoms with E-state index in [1.165, 1.54) is 5.56 Å². The van der Waals surface area contributed by atoms with Gasteiger partial charge in [-0.15, -0.1) is 10.2 Å². The molecule has 1 N–H and O–H groups in total. The highest BCUT2D eigenvalue weighted by Gasteiger charge is 2.28. The Balaban J connectivity index is 1.41. The van der Waals surface area contributed by atoms with E-state index in [1.54, 1.807) is 7.11 Å². The minimum Gasteiger partial charge on any atom is -0.497 e. The Morgan fingerprint density at radius 1 is 1.27 bits per heavy atom. The average molecular weight is 355 g/mol. The molecule has 4 rings (SSSR count). The van der Waals surface area contributed by atoms with Gasteiger partial charge in [0.25, 0.3) is 0 Å². The minimum atomic E-state index is -0.00668. The van der Waals surface area contributed by atoms with E-state index in [0.717, 1.165) is 42.3 Å². The molecule has 1 aromatic carbocycles. The zero-order valence-corrected chi connectivity index (χ0v) is 15.5. The lowest BCUT2D eigenvalue weighted by molar-refractivity contribution is 0.190. The number of aryl methyl sites for hydroxylation is 1. The van der Waals surface area contributed by atoms with Crippen LogP contribution in [-0.4, -0.2) is 38.8 Å². The molecule has 26 heavy (non-hydrogen) atoms. The number of benzene rings is 1. The molecule has 7 heteroatoms. The lowest BCUT2D eigenvalue weighted by Gasteiger charge is -2.28. The summed E-state index contributed by atoms with van der Waals surface area (Å²) in [6, 6.07) is 6.11. The first-order valence-corrected chi connectivity index (χ1v) is 9.18. The number of carbonyl (C=O) groups is 1. The van der Waals surface area contributed by atoms with Crippen molar-refractivity contribution in [1.82, 2.24) is 25.0 Å². The van der Waals surface area contributed by atoms with Crippen molar-refractivity contribution >= 4 is 6.03 Å². The molecule has 0 radical (unpaired) electrons. The molecule has 0 saturated heterocycles. The van der Waals surface area contributed by atoms with Crippen LogP contribution in [0.4, 0.5) is 4.79 Å². The van der Waals surface area contributed by atoms with Gasteiger partial charge in [-0.2, -0.15) is 0 Å². The standard InChI is InChI=1S/C19H25N5O2/c1-12(2)18-22-21-17-7-5-15(11-24(17)18)20-19(25)23-9-13-4-6-16(26-3)8-14(13)10-23/h4,6,8,12,15H,5,7,9-11H2,1-3H3,(H,20,25). The fraction of sp³-hybridized carbons (Fsp3) is 0.526. The molecule has 3 heterocycles. The van der Waals surface area contributed by atoms with Crippen molar-refractivity contribution < 1.29 is 9.53 Å². The van der Waals surface area contributed by atoms with Gasteiger partial charge in [0.05, 0.1) is 7.11 Å². The monoisotopic (exact) mass is 355 g/mol. The number of nitrogens with one attached hydrogen (secondary N) is 1. The van der Waals surface area contributed by atoms with E-state index >= 15 is 0 Å². The normalized spacial score (nSPS) is 18.6. The molecule has 2 aliphatic rings. The zero-order valence-electron chi connectivity index (χ0n) is 15.5. The summed E-state index contributed by atoms with van der Waals surface area (Å²) >= 11 is 0. The number of hydrogen-bond acceptors (Lipinski definition) is 4. The van der Waals surface area contributed by atoms with E-state index in [2.05, 4.69) is 33.9 Å². The quantitative estimate of drug-likeness (QED) is 0.918. The largest absolute Gasteiger partial charge is 0.497 e. The van der Waals surface area contributed by atoms with Gasteiger partial charge in [-0.1, -0.05) is 19.9 Å². The Morgan fingerprint density at radius 2 is 2.08 bits per heavy atom. The van der Waals surface area contributed by atoms with E-state index in [9.17, 15) is 4.79 Å². The highest BCUT2D eigenvalue weighted by Crippen LogP contribution is 2.27. The predicted molar refractivity (Wildman–Crippen MR) is 97.0 cm³/mol. The van der Waals surface area contributed by atoms with Gasteiger partial charge in [0, 0.05) is 38.0 Å². The van der Waals surface area contributed by atoms with Gasteiger partial charge < -0.3 is 19.5 Å². The van der Waals surface area contributed by atoms with E-state index < -0.39 is 0 Å². The van der Waals surface area contributed by atoms with Crippen molar-refractivity contribution in [3.63, 3.8) is 0 Å². The molecule has 0 spiro atoms. The highest BCUT2D eigenvalue weighted by atomic mass is 16.5. The maximum Gasteiger partial charge on any atom is 0.318 e. The fourth-order valence-electron chi connectivity index (χ4n) is 3.80. The number of urea groups is 1. The molecule has 0 aliphatic carbocycles. The first-order chi connectivity index (χ1) is 12.5. The smallest absolute Gasteiger partial charge is 0.318 e. The molecule has 7 nitrogen and oxygen atoms in total. The Labute approximate surface area is 153 Å². The Morgan fingerprint density at radius 3 is 2.85 bits per heavy atom. The van der Waals surface area contributed by atoms with Crippen LogP contribution < -0.4 is 10.1 Å². The molecule has 0 bridgehead atoms. The maximum atomic E-state index is 12.7. The molecule has 1 aromatic heterocycles. The number of methoxy groups -OCH3 is 1. The van der Waals surface area contributed by atoms with Crippen LogP contribution in [0.1, 0.15) is 49.0 Å². The summed E-state index contributed by atoms with van der Waals surface area (Å²) in [5.74, 6) is 3.19. The van der Waals surface area contributed by atoms with Crippen LogP contribution in [0, 0.1) is 0 Å². The molecule has 2 amide bonds. The van der Waals surface area contributed by atoms with Crippen LogP contribution in [0.2, 0.25) is 0 Å². The van der Waals surface area contributed by atoms with Crippen LogP contribution >= 0.6 is 0 Å². The van der Waals surface area contributed by atoms with E-state index in [-0.39, 0.29) is 12.1 Å². The number of fused-ring (bicyclic) bond motifs is 2. The topological polar surface area (TPSA) is 72.3 Å². The summed E-state index contributed by atoms with van der Waals surface area (Å²) in [7, 11) is 1.66. The Kier molecular flexibility index (Phi) is 4.30. The van der Waals surface area contributed by atoms with Crippen LogP contribution in [-0.2, 0) is 26.1 Å². The Bertz CT molecular complexity index is 829. The number of hydrogen-bond donors (Lipinski definition) is 1. The van der Waals surface area contributed by atoms with Crippen molar-refractivity contribution in [2.45, 2.75) is 58.3 Å². The average Bonchev–Trinajstić information content (AvgIpc) is 3.24. The lowest BCUT2D eigenvalue weighted by Crippen LogP contribution is -2.46. The summed E-state index contributed by atoms with van der Waals surface area (Å²) in [6.07, 6.45) is 1.75. The van der Waals surface area contributed by atoms with Crippen molar-refractivity contribution in [3.8, 4) is 5.75 Å². The van der Waals surface area contributed by atoms with Gasteiger partial charge in [0.2, 0.25) is 0 Å². The number of nitrogens with zero attached hydrogens (tertiary/aromatic N) is 4. The third-order valence-electron chi connectivity index (χ3n) is 5.24. The van der Waals surface area contributed by atoms with E-state index in [4.69, 9.17) is 4.74 Å². The van der Waals surface area contributed by atoms with Gasteiger partial charge in [-0.05, 0) is 29.7 Å². The lowest BCUT2D eigenvalue weighted by atomic mass is 10.1. The van der Waals surface area contributed by atoms with Gasteiger partial charge >= 0.3 is 6.03 Å². The van der Waals surface area contributed by atoms with Crippen molar-refractivity contribution in [1.29, 1.82) is 0 Å². The van der Waals surface area contributed by atoms with Gasteiger partial charge in [0.15, 0.2) is 0 Å². The molecule has 0 fully saturated rings. The van der Waals surface area contributed by atoms with Crippen molar-refractivity contribution in [2.24, 2.45) is 0 Å². The second kappa shape index (κ2) is 6.63. The fourth-order valence-corrected chi connectivity index (χ4v) is 3.80. The number of amides is 2. The van der Waals surface area contributed by atoms with Gasteiger partial charge in [-0.25, -0.2) is 4.79 Å². The van der Waals surface area contributed by atoms with Gasteiger partial charge in [0.1, 0.15) is 17.4 Å². The maximum absolute atomic E-state index is 12.7. The summed E-state index contributed by atoms with van der Waals surface area (Å²) < 4.78 is 7.45. The zero-order chi connectivity index (χ0) is 18.3.